The molecule has 0 spiro atoms. The van der Waals surface area contributed by atoms with E-state index in [2.05, 4.69) is 17.1 Å². The number of furan rings is 1. The van der Waals surface area contributed by atoms with Crippen molar-refractivity contribution in [1.29, 1.82) is 0 Å². The summed E-state index contributed by atoms with van der Waals surface area (Å²) in [6, 6.07) is 2.25. The molecule has 0 amide bonds. The van der Waals surface area contributed by atoms with E-state index >= 15 is 0 Å². The van der Waals surface area contributed by atoms with Gasteiger partial charge in [0.15, 0.2) is 0 Å². The number of carbonyl (C=O) groups excluding carboxylic acids is 1. The molecule has 20 heavy (non-hydrogen) atoms. The average Bonchev–Trinajstić information content (AvgIpc) is 2.94. The first-order valence-corrected chi connectivity index (χ1v) is 7.44. The Morgan fingerprint density at radius 2 is 2.20 bits per heavy atom. The molecule has 0 saturated carbocycles. The highest BCUT2D eigenvalue weighted by Gasteiger charge is 2.23. The molecule has 1 N–H and O–H groups in total. The van der Waals surface area contributed by atoms with Gasteiger partial charge in [-0.25, -0.2) is 4.79 Å². The summed E-state index contributed by atoms with van der Waals surface area (Å²) in [7, 11) is 0. The van der Waals surface area contributed by atoms with E-state index in [1.807, 2.05) is 6.92 Å². The van der Waals surface area contributed by atoms with Gasteiger partial charge in [0.25, 0.3) is 0 Å². The van der Waals surface area contributed by atoms with Crippen molar-refractivity contribution in [2.75, 3.05) is 26.2 Å². The van der Waals surface area contributed by atoms with E-state index in [0.29, 0.717) is 30.5 Å². The summed E-state index contributed by atoms with van der Waals surface area (Å²) < 4.78 is 10.6. The van der Waals surface area contributed by atoms with Crippen LogP contribution in [0.5, 0.6) is 0 Å². The summed E-state index contributed by atoms with van der Waals surface area (Å²) in [4.78, 5) is 14.2. The molecule has 1 fully saturated rings. The van der Waals surface area contributed by atoms with Crippen LogP contribution in [0.4, 0.5) is 0 Å². The molecule has 0 unspecified atom stereocenters. The Hall–Kier alpha value is -1.33. The van der Waals surface area contributed by atoms with Crippen LogP contribution in [0.25, 0.3) is 0 Å². The number of piperidine rings is 1. The maximum Gasteiger partial charge on any atom is 0.341 e. The minimum absolute atomic E-state index is 0.294. The van der Waals surface area contributed by atoms with Crippen molar-refractivity contribution in [3.05, 3.63) is 23.7 Å². The van der Waals surface area contributed by atoms with Gasteiger partial charge in [-0.1, -0.05) is 6.92 Å². The fourth-order valence-corrected chi connectivity index (χ4v) is 2.71. The van der Waals surface area contributed by atoms with Crippen LogP contribution < -0.4 is 5.32 Å². The number of nitrogens with zero attached hydrogens (tertiary/aromatic N) is 1. The summed E-state index contributed by atoms with van der Waals surface area (Å²) in [5, 5.41) is 3.37. The smallest absolute Gasteiger partial charge is 0.341 e. The van der Waals surface area contributed by atoms with Gasteiger partial charge in [-0.2, -0.15) is 0 Å². The Labute approximate surface area is 120 Å². The molecular formula is C15H24N2O3. The zero-order chi connectivity index (χ0) is 14.4. The Morgan fingerprint density at radius 1 is 1.45 bits per heavy atom. The van der Waals surface area contributed by atoms with Crippen LogP contribution in [0, 0.1) is 0 Å². The largest absolute Gasteiger partial charge is 0.467 e. The van der Waals surface area contributed by atoms with Gasteiger partial charge in [0.2, 0.25) is 0 Å². The molecule has 1 aliphatic rings. The number of esters is 1. The van der Waals surface area contributed by atoms with Crippen molar-refractivity contribution in [3.63, 3.8) is 0 Å². The van der Waals surface area contributed by atoms with Crippen LogP contribution in [0.3, 0.4) is 0 Å². The van der Waals surface area contributed by atoms with Crippen LogP contribution in [-0.2, 0) is 11.3 Å². The van der Waals surface area contributed by atoms with E-state index in [9.17, 15) is 4.79 Å². The molecule has 1 saturated heterocycles. The molecule has 0 bridgehead atoms. The number of carbonyl (C=O) groups is 1. The second-order valence-corrected chi connectivity index (χ2v) is 5.02. The topological polar surface area (TPSA) is 54.7 Å². The third-order valence-corrected chi connectivity index (χ3v) is 3.82. The lowest BCUT2D eigenvalue weighted by molar-refractivity contribution is 0.0520. The van der Waals surface area contributed by atoms with E-state index in [4.69, 9.17) is 9.15 Å². The highest BCUT2D eigenvalue weighted by Crippen LogP contribution is 2.19. The first-order chi connectivity index (χ1) is 9.76. The number of nitrogens with one attached hydrogen (secondary N) is 1. The fraction of sp³-hybridized carbons (Fsp3) is 0.667. The molecule has 5 heteroatoms. The number of rotatable bonds is 6. The highest BCUT2D eigenvalue weighted by atomic mass is 16.5. The van der Waals surface area contributed by atoms with Crippen molar-refractivity contribution >= 4 is 5.97 Å². The van der Waals surface area contributed by atoms with Gasteiger partial charge in [0.05, 0.1) is 19.4 Å². The van der Waals surface area contributed by atoms with Crippen LogP contribution in [0.2, 0.25) is 0 Å². The predicted octanol–water partition coefficient (Wildman–Crippen LogP) is 2.03. The van der Waals surface area contributed by atoms with Crippen molar-refractivity contribution in [2.24, 2.45) is 0 Å². The van der Waals surface area contributed by atoms with Gasteiger partial charge in [-0.15, -0.1) is 0 Å². The zero-order valence-electron chi connectivity index (χ0n) is 12.4. The lowest BCUT2D eigenvalue weighted by Crippen LogP contribution is -2.42. The standard InChI is InChI=1S/C15H24N2O3/c1-3-17(12-5-8-16-9-6-12)11-14-13(7-10-20-14)15(18)19-4-2/h7,10,12,16H,3-6,8-9,11H2,1-2H3. The van der Waals surface area contributed by atoms with E-state index in [1.54, 1.807) is 12.3 Å². The van der Waals surface area contributed by atoms with Gasteiger partial charge in [-0.05, 0) is 45.5 Å². The Balaban J connectivity index is 2.03. The second-order valence-electron chi connectivity index (χ2n) is 5.02. The third-order valence-electron chi connectivity index (χ3n) is 3.82. The maximum absolute atomic E-state index is 11.9. The summed E-state index contributed by atoms with van der Waals surface area (Å²) in [5.41, 5.74) is 0.555. The Morgan fingerprint density at radius 3 is 2.85 bits per heavy atom. The van der Waals surface area contributed by atoms with Gasteiger partial charge >= 0.3 is 5.97 Å². The minimum Gasteiger partial charge on any atom is -0.467 e. The SMILES string of the molecule is CCOC(=O)c1ccoc1CN(CC)C1CCNCC1. The molecular weight excluding hydrogens is 256 g/mol. The molecule has 1 aromatic rings. The van der Waals surface area contributed by atoms with Gasteiger partial charge in [0, 0.05) is 6.04 Å². The molecule has 2 rings (SSSR count). The lowest BCUT2D eigenvalue weighted by atomic mass is 10.0. The molecule has 112 valence electrons. The quantitative estimate of drug-likeness (QED) is 0.808. The molecule has 0 radical (unpaired) electrons. The molecule has 0 aromatic carbocycles. The number of ether oxygens (including phenoxy) is 1. The molecule has 0 aliphatic carbocycles. The maximum atomic E-state index is 11.9. The Kier molecular flexibility index (Phi) is 5.61. The van der Waals surface area contributed by atoms with Gasteiger partial charge in [0.1, 0.15) is 11.3 Å². The molecule has 0 atom stereocenters. The summed E-state index contributed by atoms with van der Waals surface area (Å²) >= 11 is 0. The van der Waals surface area contributed by atoms with Gasteiger partial charge < -0.3 is 14.5 Å². The van der Waals surface area contributed by atoms with E-state index in [-0.39, 0.29) is 5.97 Å². The minimum atomic E-state index is -0.294. The van der Waals surface area contributed by atoms with E-state index in [1.165, 1.54) is 0 Å². The first kappa shape index (κ1) is 15.1. The average molecular weight is 280 g/mol. The number of hydrogen-bond acceptors (Lipinski definition) is 5. The summed E-state index contributed by atoms with van der Waals surface area (Å²) in [5.74, 6) is 0.418. The second kappa shape index (κ2) is 7.45. The highest BCUT2D eigenvalue weighted by molar-refractivity contribution is 5.90. The van der Waals surface area contributed by atoms with Crippen LogP contribution in [0.15, 0.2) is 16.7 Å². The van der Waals surface area contributed by atoms with Crippen molar-refractivity contribution < 1.29 is 13.9 Å². The molecule has 1 aromatic heterocycles. The normalized spacial score (nSPS) is 16.6. The van der Waals surface area contributed by atoms with E-state index < -0.39 is 0 Å². The number of hydrogen-bond donors (Lipinski definition) is 1. The molecule has 2 heterocycles. The summed E-state index contributed by atoms with van der Waals surface area (Å²) in [6.07, 6.45) is 3.85. The molecule has 5 nitrogen and oxygen atoms in total. The summed E-state index contributed by atoms with van der Waals surface area (Å²) in [6.45, 7) is 8.08. The van der Waals surface area contributed by atoms with Gasteiger partial charge in [-0.3, -0.25) is 4.90 Å². The van der Waals surface area contributed by atoms with Crippen LogP contribution >= 0.6 is 0 Å². The monoisotopic (exact) mass is 280 g/mol. The fourth-order valence-electron chi connectivity index (χ4n) is 2.71. The van der Waals surface area contributed by atoms with Crippen LogP contribution in [-0.4, -0.2) is 43.2 Å². The third kappa shape index (κ3) is 3.61. The predicted molar refractivity (Wildman–Crippen MR) is 76.6 cm³/mol. The molecule has 1 aliphatic heterocycles. The van der Waals surface area contributed by atoms with Crippen molar-refractivity contribution in [1.82, 2.24) is 10.2 Å². The Bertz CT molecular complexity index is 425. The van der Waals surface area contributed by atoms with E-state index in [0.717, 1.165) is 32.5 Å². The lowest BCUT2D eigenvalue weighted by Gasteiger charge is -2.33. The van der Waals surface area contributed by atoms with Crippen molar-refractivity contribution in [3.8, 4) is 0 Å². The first-order valence-electron chi connectivity index (χ1n) is 7.44. The zero-order valence-corrected chi connectivity index (χ0v) is 12.4. The van der Waals surface area contributed by atoms with Crippen LogP contribution in [0.1, 0.15) is 42.8 Å². The van der Waals surface area contributed by atoms with Crippen molar-refractivity contribution in [2.45, 2.75) is 39.3 Å².